The maximum absolute atomic E-state index is 12.5. The van der Waals surface area contributed by atoms with E-state index in [4.69, 9.17) is 27.9 Å². The second-order valence-corrected chi connectivity index (χ2v) is 8.64. The number of nitrogens with one attached hydrogen (secondary N) is 1. The third kappa shape index (κ3) is 6.23. The summed E-state index contributed by atoms with van der Waals surface area (Å²) in [6.45, 7) is 2.23. The molecule has 4 nitrogen and oxygen atoms in total. The molecule has 1 amide bonds. The first kappa shape index (κ1) is 23.1. The molecule has 3 aromatic carbocycles. The van der Waals surface area contributed by atoms with Crippen LogP contribution in [0.1, 0.15) is 16.7 Å². The van der Waals surface area contributed by atoms with Crippen LogP contribution in [0, 0.1) is 21.8 Å². The summed E-state index contributed by atoms with van der Waals surface area (Å²) in [6.07, 6.45) is 1.55. The lowest BCUT2D eigenvalue weighted by atomic mass is 10.1. The number of ether oxygens (including phenoxy) is 1. The number of anilines is 1. The van der Waals surface area contributed by atoms with Gasteiger partial charge in [0.2, 0.25) is 0 Å². The van der Waals surface area contributed by atoms with Crippen LogP contribution in [0.15, 0.2) is 66.2 Å². The van der Waals surface area contributed by atoms with E-state index >= 15 is 0 Å². The average Bonchev–Trinajstić information content (AvgIpc) is 2.75. The fourth-order valence-electron chi connectivity index (χ4n) is 2.73. The van der Waals surface area contributed by atoms with Crippen molar-refractivity contribution < 1.29 is 9.53 Å². The van der Waals surface area contributed by atoms with Crippen molar-refractivity contribution in [3.05, 3.63) is 96.5 Å². The van der Waals surface area contributed by atoms with Gasteiger partial charge in [-0.2, -0.15) is 5.26 Å². The lowest BCUT2D eigenvalue weighted by Crippen LogP contribution is -2.14. The van der Waals surface area contributed by atoms with Crippen LogP contribution in [0.2, 0.25) is 10.0 Å². The van der Waals surface area contributed by atoms with Gasteiger partial charge in [0.05, 0.1) is 13.6 Å². The molecule has 7 heteroatoms. The summed E-state index contributed by atoms with van der Waals surface area (Å²) < 4.78 is 6.72. The van der Waals surface area contributed by atoms with Gasteiger partial charge in [-0.15, -0.1) is 0 Å². The van der Waals surface area contributed by atoms with Gasteiger partial charge in [0.1, 0.15) is 24.0 Å². The van der Waals surface area contributed by atoms with E-state index in [0.29, 0.717) is 28.1 Å². The highest BCUT2D eigenvalue weighted by molar-refractivity contribution is 14.1. The minimum absolute atomic E-state index is 0.0172. The summed E-state index contributed by atoms with van der Waals surface area (Å²) in [7, 11) is 0. The zero-order valence-electron chi connectivity index (χ0n) is 16.5. The van der Waals surface area contributed by atoms with Crippen LogP contribution in [0.3, 0.4) is 0 Å². The van der Waals surface area contributed by atoms with Gasteiger partial charge in [-0.05, 0) is 82.6 Å². The van der Waals surface area contributed by atoms with E-state index in [2.05, 4.69) is 27.9 Å². The molecule has 0 unspecified atom stereocenters. The molecule has 0 aliphatic rings. The first-order valence-electron chi connectivity index (χ1n) is 9.22. The molecule has 0 aliphatic heterocycles. The molecule has 0 atom stereocenters. The molecule has 0 spiro atoms. The van der Waals surface area contributed by atoms with Crippen LogP contribution in [0.4, 0.5) is 5.69 Å². The zero-order valence-corrected chi connectivity index (χ0v) is 20.1. The smallest absolute Gasteiger partial charge is 0.266 e. The number of aryl methyl sites for hydroxylation is 1. The van der Waals surface area contributed by atoms with E-state index in [1.165, 1.54) is 0 Å². The number of nitriles is 1. The molecule has 31 heavy (non-hydrogen) atoms. The molecule has 0 fully saturated rings. The van der Waals surface area contributed by atoms with Crippen molar-refractivity contribution in [3.8, 4) is 11.8 Å². The molecule has 0 saturated heterocycles. The third-order valence-electron chi connectivity index (χ3n) is 4.40. The monoisotopic (exact) mass is 562 g/mol. The van der Waals surface area contributed by atoms with Crippen LogP contribution in [-0.4, -0.2) is 5.91 Å². The van der Waals surface area contributed by atoms with Gasteiger partial charge in [-0.25, -0.2) is 0 Å². The molecule has 0 saturated carbocycles. The van der Waals surface area contributed by atoms with E-state index in [9.17, 15) is 10.1 Å². The molecule has 0 bridgehead atoms. The number of benzene rings is 3. The predicted octanol–water partition coefficient (Wildman–Crippen LogP) is 7.03. The van der Waals surface area contributed by atoms with Crippen molar-refractivity contribution in [1.29, 1.82) is 5.26 Å². The average molecular weight is 563 g/mol. The van der Waals surface area contributed by atoms with E-state index < -0.39 is 5.91 Å². The Morgan fingerprint density at radius 3 is 2.58 bits per heavy atom. The van der Waals surface area contributed by atoms with Crippen LogP contribution in [-0.2, 0) is 11.4 Å². The van der Waals surface area contributed by atoms with Crippen molar-refractivity contribution in [2.24, 2.45) is 0 Å². The number of rotatable bonds is 6. The number of amides is 1. The minimum Gasteiger partial charge on any atom is -0.488 e. The maximum Gasteiger partial charge on any atom is 0.266 e. The molecule has 3 rings (SSSR count). The maximum atomic E-state index is 12.5. The fourth-order valence-corrected chi connectivity index (χ4v) is 3.75. The molecule has 0 aliphatic carbocycles. The number of halogens is 3. The first-order valence-corrected chi connectivity index (χ1v) is 11.1. The lowest BCUT2D eigenvalue weighted by Gasteiger charge is -2.10. The quantitative estimate of drug-likeness (QED) is 0.199. The Balaban J connectivity index is 1.72. The molecular formula is C24H17Cl2IN2O2. The van der Waals surface area contributed by atoms with Gasteiger partial charge in [0.15, 0.2) is 0 Å². The Hall–Kier alpha value is -2.53. The molecule has 0 aromatic heterocycles. The highest BCUT2D eigenvalue weighted by atomic mass is 127. The van der Waals surface area contributed by atoms with E-state index in [0.717, 1.165) is 20.3 Å². The van der Waals surface area contributed by atoms with Crippen molar-refractivity contribution in [3.63, 3.8) is 0 Å². The number of hydrogen-bond acceptors (Lipinski definition) is 3. The van der Waals surface area contributed by atoms with Crippen LogP contribution < -0.4 is 10.1 Å². The third-order valence-corrected chi connectivity index (χ3v) is 5.99. The minimum atomic E-state index is -0.452. The van der Waals surface area contributed by atoms with Crippen LogP contribution >= 0.6 is 45.8 Å². The first-order chi connectivity index (χ1) is 14.9. The largest absolute Gasteiger partial charge is 0.488 e. The van der Waals surface area contributed by atoms with Crippen molar-refractivity contribution in [2.75, 3.05) is 5.32 Å². The molecule has 0 radical (unpaired) electrons. The normalized spacial score (nSPS) is 11.0. The predicted molar refractivity (Wildman–Crippen MR) is 133 cm³/mol. The Kier molecular flexibility index (Phi) is 7.97. The molecule has 0 heterocycles. The summed E-state index contributed by atoms with van der Waals surface area (Å²) >= 11 is 14.1. The van der Waals surface area contributed by atoms with Gasteiger partial charge in [-0.3, -0.25) is 4.79 Å². The summed E-state index contributed by atoms with van der Waals surface area (Å²) in [5, 5.41) is 13.2. The molecule has 156 valence electrons. The van der Waals surface area contributed by atoms with Gasteiger partial charge >= 0.3 is 0 Å². The second kappa shape index (κ2) is 10.7. The molecular weight excluding hydrogens is 546 g/mol. The highest BCUT2D eigenvalue weighted by Crippen LogP contribution is 2.26. The van der Waals surface area contributed by atoms with E-state index in [1.54, 1.807) is 36.4 Å². The number of carbonyl (C=O) groups excluding carboxylic acids is 1. The molecule has 1 N–H and O–H groups in total. The standard InChI is InChI=1S/C24H17Cl2IN2O2/c1-15-4-2-3-5-22(15)29-24(30)18(13-28)10-16-7-9-23(21(27)12-16)31-14-17-6-8-19(25)20(26)11-17/h2-12H,14H2,1H3,(H,29,30)/b18-10-. The van der Waals surface area contributed by atoms with Crippen molar-refractivity contribution >= 4 is 63.5 Å². The highest BCUT2D eigenvalue weighted by Gasteiger charge is 2.11. The van der Waals surface area contributed by atoms with Gasteiger partial charge < -0.3 is 10.1 Å². The second-order valence-electron chi connectivity index (χ2n) is 6.67. The summed E-state index contributed by atoms with van der Waals surface area (Å²) in [6, 6.07) is 20.2. The molecule has 3 aromatic rings. The van der Waals surface area contributed by atoms with Crippen LogP contribution in [0.5, 0.6) is 5.75 Å². The lowest BCUT2D eigenvalue weighted by molar-refractivity contribution is -0.112. The fraction of sp³-hybridized carbons (Fsp3) is 0.0833. The SMILES string of the molecule is Cc1ccccc1NC(=O)/C(C#N)=C\c1ccc(OCc2ccc(Cl)c(Cl)c2)c(I)c1. The number of carbonyl (C=O) groups is 1. The zero-order chi connectivity index (χ0) is 22.4. The Bertz CT molecular complexity index is 1200. The van der Waals surface area contributed by atoms with Gasteiger partial charge in [0, 0.05) is 5.69 Å². The van der Waals surface area contributed by atoms with E-state index in [1.807, 2.05) is 43.3 Å². The summed E-state index contributed by atoms with van der Waals surface area (Å²) in [5.74, 6) is 0.235. The Morgan fingerprint density at radius 2 is 1.90 bits per heavy atom. The Morgan fingerprint density at radius 1 is 1.13 bits per heavy atom. The summed E-state index contributed by atoms with van der Waals surface area (Å²) in [5.41, 5.74) is 3.24. The number of hydrogen-bond donors (Lipinski definition) is 1. The van der Waals surface area contributed by atoms with Gasteiger partial charge in [-0.1, -0.05) is 53.5 Å². The number of para-hydroxylation sites is 1. The van der Waals surface area contributed by atoms with Gasteiger partial charge in [0.25, 0.3) is 5.91 Å². The van der Waals surface area contributed by atoms with Crippen molar-refractivity contribution in [2.45, 2.75) is 13.5 Å². The van der Waals surface area contributed by atoms with Crippen LogP contribution in [0.25, 0.3) is 6.08 Å². The van der Waals surface area contributed by atoms with E-state index in [-0.39, 0.29) is 5.57 Å². The Labute approximate surface area is 204 Å². The number of nitrogens with zero attached hydrogens (tertiary/aromatic N) is 1. The topological polar surface area (TPSA) is 62.1 Å². The summed E-state index contributed by atoms with van der Waals surface area (Å²) in [4.78, 5) is 12.5. The van der Waals surface area contributed by atoms with Crippen molar-refractivity contribution in [1.82, 2.24) is 0 Å².